The molecule has 0 heterocycles. The first-order valence-electron chi connectivity index (χ1n) is 7.05. The van der Waals surface area contributed by atoms with Crippen LogP contribution < -0.4 is 4.72 Å². The van der Waals surface area contributed by atoms with Gasteiger partial charge in [0.2, 0.25) is 10.0 Å². The average molecular weight is 313 g/mol. The minimum Gasteiger partial charge on any atom is -0.478 e. The van der Waals surface area contributed by atoms with Crippen molar-refractivity contribution in [3.05, 3.63) is 35.4 Å². The number of carboxylic acids is 1. The third-order valence-electron chi connectivity index (χ3n) is 3.36. The molecule has 0 amide bonds. The maximum atomic E-state index is 12.1. The number of nitrogens with one attached hydrogen (secondary N) is 1. The second-order valence-corrected chi connectivity index (χ2v) is 7.29. The lowest BCUT2D eigenvalue weighted by Gasteiger charge is -2.17. The normalized spacial score (nSPS) is 14.6. The van der Waals surface area contributed by atoms with Crippen molar-refractivity contribution in [3.8, 4) is 0 Å². The summed E-state index contributed by atoms with van der Waals surface area (Å²) < 4.78 is 26.8. The molecule has 2 unspecified atom stereocenters. The van der Waals surface area contributed by atoms with Crippen molar-refractivity contribution < 1.29 is 18.3 Å². The molecule has 21 heavy (non-hydrogen) atoms. The summed E-state index contributed by atoms with van der Waals surface area (Å²) in [7, 11) is -3.47. The molecule has 2 N–H and O–H groups in total. The minimum atomic E-state index is -3.47. The molecule has 0 radical (unpaired) electrons. The van der Waals surface area contributed by atoms with E-state index in [0.717, 1.165) is 12.8 Å². The first-order chi connectivity index (χ1) is 9.73. The number of hydrogen-bond acceptors (Lipinski definition) is 3. The van der Waals surface area contributed by atoms with E-state index >= 15 is 0 Å². The number of sulfonamides is 1. The highest BCUT2D eigenvalue weighted by atomic mass is 32.2. The Bertz CT molecular complexity index is 583. The number of rotatable bonds is 8. The van der Waals surface area contributed by atoms with Gasteiger partial charge in [-0.2, -0.15) is 0 Å². The van der Waals surface area contributed by atoms with Gasteiger partial charge in [0.15, 0.2) is 0 Å². The van der Waals surface area contributed by atoms with E-state index in [-0.39, 0.29) is 17.4 Å². The molecule has 5 nitrogen and oxygen atoms in total. The van der Waals surface area contributed by atoms with Crippen LogP contribution in [0, 0.1) is 5.92 Å². The summed E-state index contributed by atoms with van der Waals surface area (Å²) in [6.45, 7) is 6.00. The van der Waals surface area contributed by atoms with E-state index < -0.39 is 16.0 Å². The second kappa shape index (κ2) is 7.56. The number of aromatic carboxylic acids is 1. The topological polar surface area (TPSA) is 83.5 Å². The van der Waals surface area contributed by atoms with Crippen molar-refractivity contribution in [2.75, 3.05) is 0 Å². The van der Waals surface area contributed by atoms with E-state index in [4.69, 9.17) is 5.11 Å². The summed E-state index contributed by atoms with van der Waals surface area (Å²) in [5, 5.41) is 8.91. The molecule has 0 saturated carbocycles. The van der Waals surface area contributed by atoms with Crippen molar-refractivity contribution in [2.45, 2.75) is 45.4 Å². The molecule has 0 saturated heterocycles. The van der Waals surface area contributed by atoms with Crippen LogP contribution in [0.25, 0.3) is 0 Å². The predicted octanol–water partition coefficient (Wildman–Crippen LogP) is 2.63. The predicted molar refractivity (Wildman–Crippen MR) is 82.7 cm³/mol. The Hall–Kier alpha value is -1.40. The van der Waals surface area contributed by atoms with Gasteiger partial charge in [-0.05, 0) is 37.0 Å². The second-order valence-electron chi connectivity index (χ2n) is 5.53. The fraction of sp³-hybridized carbons (Fsp3) is 0.533. The van der Waals surface area contributed by atoms with Gasteiger partial charge in [-0.15, -0.1) is 0 Å². The van der Waals surface area contributed by atoms with Gasteiger partial charge in [0.1, 0.15) is 0 Å². The fourth-order valence-corrected chi connectivity index (χ4v) is 3.59. The number of carboxylic acid groups (broad SMARTS) is 1. The van der Waals surface area contributed by atoms with Crippen LogP contribution in [0.2, 0.25) is 0 Å². The van der Waals surface area contributed by atoms with Crippen LogP contribution in [0.5, 0.6) is 0 Å². The summed E-state index contributed by atoms with van der Waals surface area (Å²) in [5.41, 5.74) is 0.563. The SMILES string of the molecule is CCC(C)CC(C)NS(=O)(=O)Cc1cccc(C(=O)O)c1. The van der Waals surface area contributed by atoms with E-state index in [9.17, 15) is 13.2 Å². The Balaban J connectivity index is 2.72. The van der Waals surface area contributed by atoms with E-state index in [1.54, 1.807) is 12.1 Å². The molecule has 0 aromatic heterocycles. The molecule has 0 bridgehead atoms. The molecule has 2 atom stereocenters. The van der Waals surface area contributed by atoms with Crippen molar-refractivity contribution in [3.63, 3.8) is 0 Å². The number of carbonyl (C=O) groups is 1. The quantitative estimate of drug-likeness (QED) is 0.773. The summed E-state index contributed by atoms with van der Waals surface area (Å²) in [6.07, 6.45) is 1.79. The van der Waals surface area contributed by atoms with Crippen molar-refractivity contribution in [1.29, 1.82) is 0 Å². The van der Waals surface area contributed by atoms with Gasteiger partial charge in [0.25, 0.3) is 0 Å². The smallest absolute Gasteiger partial charge is 0.335 e. The van der Waals surface area contributed by atoms with Crippen LogP contribution in [-0.4, -0.2) is 25.5 Å². The van der Waals surface area contributed by atoms with Gasteiger partial charge in [-0.3, -0.25) is 0 Å². The Kier molecular flexibility index (Phi) is 6.36. The van der Waals surface area contributed by atoms with E-state index in [2.05, 4.69) is 18.6 Å². The number of benzene rings is 1. The third kappa shape index (κ3) is 6.27. The van der Waals surface area contributed by atoms with Gasteiger partial charge >= 0.3 is 5.97 Å². The maximum Gasteiger partial charge on any atom is 0.335 e. The first-order valence-corrected chi connectivity index (χ1v) is 8.71. The highest BCUT2D eigenvalue weighted by molar-refractivity contribution is 7.88. The number of hydrogen-bond donors (Lipinski definition) is 2. The van der Waals surface area contributed by atoms with Crippen LogP contribution >= 0.6 is 0 Å². The zero-order valence-corrected chi connectivity index (χ0v) is 13.5. The highest BCUT2D eigenvalue weighted by Crippen LogP contribution is 2.13. The largest absolute Gasteiger partial charge is 0.478 e. The van der Waals surface area contributed by atoms with Gasteiger partial charge in [0.05, 0.1) is 11.3 Å². The summed E-state index contributed by atoms with van der Waals surface area (Å²) >= 11 is 0. The molecule has 1 rings (SSSR count). The molecule has 0 aliphatic heterocycles. The van der Waals surface area contributed by atoms with Gasteiger partial charge in [-0.1, -0.05) is 32.4 Å². The summed E-state index contributed by atoms with van der Waals surface area (Å²) in [4.78, 5) is 10.9. The van der Waals surface area contributed by atoms with Crippen LogP contribution in [0.4, 0.5) is 0 Å². The molecule has 0 aliphatic rings. The molecule has 1 aromatic carbocycles. The zero-order valence-electron chi connectivity index (χ0n) is 12.7. The molecule has 0 spiro atoms. The Morgan fingerprint density at radius 3 is 2.57 bits per heavy atom. The zero-order chi connectivity index (χ0) is 16.0. The van der Waals surface area contributed by atoms with Crippen molar-refractivity contribution in [1.82, 2.24) is 4.72 Å². The van der Waals surface area contributed by atoms with Crippen LogP contribution in [0.3, 0.4) is 0 Å². The van der Waals surface area contributed by atoms with Gasteiger partial charge in [0, 0.05) is 6.04 Å². The lowest BCUT2D eigenvalue weighted by atomic mass is 10.0. The Morgan fingerprint density at radius 2 is 2.00 bits per heavy atom. The average Bonchev–Trinajstić information content (AvgIpc) is 2.37. The fourth-order valence-electron chi connectivity index (χ4n) is 2.18. The van der Waals surface area contributed by atoms with E-state index in [1.165, 1.54) is 12.1 Å². The molecular formula is C15H23NO4S. The van der Waals surface area contributed by atoms with Gasteiger partial charge in [-0.25, -0.2) is 17.9 Å². The van der Waals surface area contributed by atoms with E-state index in [0.29, 0.717) is 11.5 Å². The molecule has 118 valence electrons. The maximum absolute atomic E-state index is 12.1. The van der Waals surface area contributed by atoms with Crippen LogP contribution in [0.15, 0.2) is 24.3 Å². The standard InChI is InChI=1S/C15H23NO4S/c1-4-11(2)8-12(3)16-21(19,20)10-13-6-5-7-14(9-13)15(17)18/h5-7,9,11-12,16H,4,8,10H2,1-3H3,(H,17,18). The highest BCUT2D eigenvalue weighted by Gasteiger charge is 2.17. The lowest BCUT2D eigenvalue weighted by molar-refractivity contribution is 0.0696. The van der Waals surface area contributed by atoms with Crippen LogP contribution in [-0.2, 0) is 15.8 Å². The molecule has 6 heteroatoms. The Labute approximate surface area is 126 Å². The summed E-state index contributed by atoms with van der Waals surface area (Å²) in [5.74, 6) is -0.815. The summed E-state index contributed by atoms with van der Waals surface area (Å²) in [6, 6.07) is 5.87. The van der Waals surface area contributed by atoms with Crippen molar-refractivity contribution >= 4 is 16.0 Å². The minimum absolute atomic E-state index is 0.0929. The monoisotopic (exact) mass is 313 g/mol. The molecule has 1 aromatic rings. The lowest BCUT2D eigenvalue weighted by Crippen LogP contribution is -2.34. The Morgan fingerprint density at radius 1 is 1.33 bits per heavy atom. The molecule has 0 aliphatic carbocycles. The van der Waals surface area contributed by atoms with Crippen LogP contribution in [0.1, 0.15) is 49.5 Å². The molecular weight excluding hydrogens is 290 g/mol. The third-order valence-corrected chi connectivity index (χ3v) is 4.84. The molecule has 0 fully saturated rings. The van der Waals surface area contributed by atoms with Gasteiger partial charge < -0.3 is 5.11 Å². The first kappa shape index (κ1) is 17.7. The van der Waals surface area contributed by atoms with E-state index in [1.807, 2.05) is 6.92 Å². The van der Waals surface area contributed by atoms with Crippen molar-refractivity contribution in [2.24, 2.45) is 5.92 Å².